The molecule has 1 unspecified atom stereocenters. The Morgan fingerprint density at radius 2 is 2.00 bits per heavy atom. The van der Waals surface area contributed by atoms with Crippen LogP contribution in [0, 0.1) is 0 Å². The number of amides is 1. The number of ether oxygens (including phenoxy) is 1. The number of carbonyl (C=O) groups excluding carboxylic acids is 1. The monoisotopic (exact) mass is 365 g/mol. The molecule has 0 bridgehead atoms. The summed E-state index contributed by atoms with van der Waals surface area (Å²) in [6.45, 7) is 0.562. The number of hydrogen-bond acceptors (Lipinski definition) is 3. The molecule has 2 N–H and O–H groups in total. The highest BCUT2D eigenvalue weighted by atomic mass is 16.5. The lowest BCUT2D eigenvalue weighted by Crippen LogP contribution is -2.34. The van der Waals surface area contributed by atoms with Crippen LogP contribution in [0.5, 0.6) is 5.75 Å². The second-order valence-corrected chi connectivity index (χ2v) is 6.92. The summed E-state index contributed by atoms with van der Waals surface area (Å²) in [5.74, 6) is 0.889. The molecule has 1 aromatic heterocycles. The summed E-state index contributed by atoms with van der Waals surface area (Å²) in [6, 6.07) is 16.2. The lowest BCUT2D eigenvalue weighted by molar-refractivity contribution is -0.121. The molecular weight excluding hydrogens is 338 g/mol. The Kier molecular flexibility index (Phi) is 6.14. The third-order valence-corrected chi connectivity index (χ3v) is 4.89. The molecule has 3 aromatic rings. The van der Waals surface area contributed by atoms with E-state index < -0.39 is 0 Å². The van der Waals surface area contributed by atoms with Gasteiger partial charge in [-0.1, -0.05) is 30.3 Å². The van der Waals surface area contributed by atoms with E-state index in [1.807, 2.05) is 50.6 Å². The van der Waals surface area contributed by atoms with Gasteiger partial charge in [-0.05, 0) is 49.8 Å². The van der Waals surface area contributed by atoms with Gasteiger partial charge in [-0.3, -0.25) is 4.79 Å². The van der Waals surface area contributed by atoms with Crippen LogP contribution in [-0.4, -0.2) is 43.5 Å². The van der Waals surface area contributed by atoms with Gasteiger partial charge in [-0.15, -0.1) is 0 Å². The molecule has 5 nitrogen and oxygen atoms in total. The van der Waals surface area contributed by atoms with Crippen molar-refractivity contribution in [3.8, 4) is 5.75 Å². The van der Waals surface area contributed by atoms with Gasteiger partial charge >= 0.3 is 0 Å². The predicted molar refractivity (Wildman–Crippen MR) is 109 cm³/mol. The van der Waals surface area contributed by atoms with Gasteiger partial charge in [-0.2, -0.15) is 0 Å². The summed E-state index contributed by atoms with van der Waals surface area (Å²) in [4.78, 5) is 17.8. The zero-order chi connectivity index (χ0) is 19.2. The van der Waals surface area contributed by atoms with Crippen LogP contribution in [0.15, 0.2) is 54.7 Å². The molecule has 0 aliphatic rings. The van der Waals surface area contributed by atoms with Gasteiger partial charge in [0.1, 0.15) is 5.75 Å². The van der Waals surface area contributed by atoms with Crippen LogP contribution >= 0.6 is 0 Å². The van der Waals surface area contributed by atoms with Crippen molar-refractivity contribution in [1.82, 2.24) is 15.2 Å². The summed E-state index contributed by atoms with van der Waals surface area (Å²) in [7, 11) is 5.70. The summed E-state index contributed by atoms with van der Waals surface area (Å²) in [5, 5.41) is 4.27. The smallest absolute Gasteiger partial charge is 0.220 e. The molecule has 2 aromatic carbocycles. The summed E-state index contributed by atoms with van der Waals surface area (Å²) in [6.07, 6.45) is 3.19. The summed E-state index contributed by atoms with van der Waals surface area (Å²) < 4.78 is 5.32. The first-order valence-corrected chi connectivity index (χ1v) is 9.20. The van der Waals surface area contributed by atoms with E-state index in [4.69, 9.17) is 4.74 Å². The Bertz CT molecular complexity index is 901. The molecular formula is C22H27N3O2. The SMILES string of the molecule is COc1cccc(C(CNC(=O)CCc2c[nH]c3ccccc23)N(C)C)c1. The second-order valence-electron chi connectivity index (χ2n) is 6.92. The Morgan fingerprint density at radius 1 is 1.19 bits per heavy atom. The van der Waals surface area contributed by atoms with Gasteiger partial charge in [0.2, 0.25) is 5.91 Å². The van der Waals surface area contributed by atoms with Crippen LogP contribution < -0.4 is 10.1 Å². The van der Waals surface area contributed by atoms with Gasteiger partial charge in [0.05, 0.1) is 13.2 Å². The van der Waals surface area contributed by atoms with Crippen LogP contribution in [0.3, 0.4) is 0 Å². The van der Waals surface area contributed by atoms with Crippen molar-refractivity contribution in [2.45, 2.75) is 18.9 Å². The van der Waals surface area contributed by atoms with Crippen molar-refractivity contribution < 1.29 is 9.53 Å². The fraction of sp³-hybridized carbons (Fsp3) is 0.318. The Hall–Kier alpha value is -2.79. The molecule has 0 aliphatic heterocycles. The van der Waals surface area contributed by atoms with Gasteiger partial charge in [0.25, 0.3) is 0 Å². The van der Waals surface area contributed by atoms with E-state index in [0.717, 1.165) is 23.3 Å². The molecule has 142 valence electrons. The highest BCUT2D eigenvalue weighted by Gasteiger charge is 2.16. The molecule has 1 atom stereocenters. The molecule has 1 heterocycles. The molecule has 3 rings (SSSR count). The number of hydrogen-bond donors (Lipinski definition) is 2. The van der Waals surface area contributed by atoms with E-state index in [-0.39, 0.29) is 11.9 Å². The largest absolute Gasteiger partial charge is 0.497 e. The predicted octanol–water partition coefficient (Wildman–Crippen LogP) is 3.53. The lowest BCUT2D eigenvalue weighted by atomic mass is 10.1. The van der Waals surface area contributed by atoms with Crippen molar-refractivity contribution in [2.24, 2.45) is 0 Å². The number of fused-ring (bicyclic) bond motifs is 1. The van der Waals surface area contributed by atoms with E-state index in [2.05, 4.69) is 33.4 Å². The van der Waals surface area contributed by atoms with E-state index >= 15 is 0 Å². The summed E-state index contributed by atoms with van der Waals surface area (Å²) >= 11 is 0. The average molecular weight is 365 g/mol. The number of rotatable bonds is 8. The van der Waals surface area contributed by atoms with Crippen molar-refractivity contribution in [3.05, 3.63) is 65.9 Å². The maximum atomic E-state index is 12.4. The number of H-pyrrole nitrogens is 1. The molecule has 0 saturated carbocycles. The number of benzene rings is 2. The van der Waals surface area contributed by atoms with Crippen molar-refractivity contribution in [1.29, 1.82) is 0 Å². The number of methoxy groups -OCH3 is 1. The first-order chi connectivity index (χ1) is 13.1. The minimum atomic E-state index is 0.0648. The number of aryl methyl sites for hydroxylation is 1. The maximum Gasteiger partial charge on any atom is 0.220 e. The van der Waals surface area contributed by atoms with Crippen LogP contribution in [0.25, 0.3) is 10.9 Å². The van der Waals surface area contributed by atoms with Crippen LogP contribution in [-0.2, 0) is 11.2 Å². The minimum absolute atomic E-state index is 0.0648. The van der Waals surface area contributed by atoms with Crippen molar-refractivity contribution in [2.75, 3.05) is 27.7 Å². The second kappa shape index (κ2) is 8.73. The van der Waals surface area contributed by atoms with Crippen LogP contribution in [0.1, 0.15) is 23.6 Å². The van der Waals surface area contributed by atoms with Gasteiger partial charge in [0.15, 0.2) is 0 Å². The van der Waals surface area contributed by atoms with Crippen LogP contribution in [0.2, 0.25) is 0 Å². The normalized spacial score (nSPS) is 12.3. The number of nitrogens with one attached hydrogen (secondary N) is 2. The highest BCUT2D eigenvalue weighted by molar-refractivity contribution is 5.84. The average Bonchev–Trinajstić information content (AvgIpc) is 3.09. The quantitative estimate of drug-likeness (QED) is 0.642. The molecule has 0 fully saturated rings. The fourth-order valence-corrected chi connectivity index (χ4v) is 3.33. The Labute approximate surface area is 160 Å². The number of aromatic amines is 1. The Balaban J connectivity index is 1.58. The topological polar surface area (TPSA) is 57.4 Å². The van der Waals surface area contributed by atoms with Gasteiger partial charge in [0, 0.05) is 30.1 Å². The molecule has 0 saturated heterocycles. The number of para-hydroxylation sites is 1. The van der Waals surface area contributed by atoms with E-state index in [0.29, 0.717) is 13.0 Å². The van der Waals surface area contributed by atoms with Crippen molar-refractivity contribution >= 4 is 16.8 Å². The number of likely N-dealkylation sites (N-methyl/N-ethyl adjacent to an activating group) is 1. The first kappa shape index (κ1) is 19.0. The number of carbonyl (C=O) groups is 1. The summed E-state index contributed by atoms with van der Waals surface area (Å²) in [5.41, 5.74) is 3.41. The molecule has 1 amide bonds. The maximum absolute atomic E-state index is 12.4. The van der Waals surface area contributed by atoms with Crippen LogP contribution in [0.4, 0.5) is 0 Å². The Morgan fingerprint density at radius 3 is 2.78 bits per heavy atom. The van der Waals surface area contributed by atoms with Gasteiger partial charge in [-0.25, -0.2) is 0 Å². The molecule has 5 heteroatoms. The minimum Gasteiger partial charge on any atom is -0.497 e. The fourth-order valence-electron chi connectivity index (χ4n) is 3.33. The number of aromatic nitrogens is 1. The lowest BCUT2D eigenvalue weighted by Gasteiger charge is -2.25. The zero-order valence-electron chi connectivity index (χ0n) is 16.2. The number of nitrogens with zero attached hydrogens (tertiary/aromatic N) is 1. The standard InChI is InChI=1S/C22H27N3O2/c1-25(2)21(16-7-6-8-18(13-16)27-3)15-24-22(26)12-11-17-14-23-20-10-5-4-9-19(17)20/h4-10,13-14,21,23H,11-12,15H2,1-3H3,(H,24,26). The molecule has 0 aliphatic carbocycles. The third-order valence-electron chi connectivity index (χ3n) is 4.89. The molecule has 27 heavy (non-hydrogen) atoms. The molecule has 0 spiro atoms. The van der Waals surface area contributed by atoms with Crippen molar-refractivity contribution in [3.63, 3.8) is 0 Å². The first-order valence-electron chi connectivity index (χ1n) is 9.20. The van der Waals surface area contributed by atoms with E-state index in [1.165, 1.54) is 10.9 Å². The highest BCUT2D eigenvalue weighted by Crippen LogP contribution is 2.22. The van der Waals surface area contributed by atoms with Gasteiger partial charge < -0.3 is 19.9 Å². The van der Waals surface area contributed by atoms with E-state index in [9.17, 15) is 4.79 Å². The van der Waals surface area contributed by atoms with E-state index in [1.54, 1.807) is 7.11 Å². The molecule has 0 radical (unpaired) electrons. The zero-order valence-corrected chi connectivity index (χ0v) is 16.2. The third kappa shape index (κ3) is 4.68.